The van der Waals surface area contributed by atoms with Crippen LogP contribution in [-0.2, 0) is 11.2 Å². The maximum atomic E-state index is 11.1. The van der Waals surface area contributed by atoms with Gasteiger partial charge in [-0.1, -0.05) is 23.2 Å². The van der Waals surface area contributed by atoms with E-state index in [0.29, 0.717) is 27.3 Å². The number of hydrogen-bond acceptors (Lipinski definition) is 4. The number of nitrogens with one attached hydrogen (secondary N) is 1. The van der Waals surface area contributed by atoms with Gasteiger partial charge in [0.15, 0.2) is 5.13 Å². The fourth-order valence-corrected chi connectivity index (χ4v) is 3.58. The molecule has 0 saturated carbocycles. The topological polar surface area (TPSA) is 62.2 Å². The van der Waals surface area contributed by atoms with E-state index in [9.17, 15) is 4.79 Å². The van der Waals surface area contributed by atoms with E-state index in [0.717, 1.165) is 17.0 Å². The average molecular weight is 329 g/mol. The molecule has 3 rings (SSSR count). The van der Waals surface area contributed by atoms with Gasteiger partial charge in [0.25, 0.3) is 0 Å². The lowest BCUT2D eigenvalue weighted by Crippen LogP contribution is -2.08. The van der Waals surface area contributed by atoms with Crippen molar-refractivity contribution in [2.24, 2.45) is 0 Å². The lowest BCUT2D eigenvalue weighted by Gasteiger charge is -2.05. The average Bonchev–Trinajstić information content (AvgIpc) is 2.93. The number of carboxylic acids is 1. The standard InChI is InChI=1S/C13H10Cl2N2O2S/c14-8-3-1-6(5-9(8)15)16-13-17-11-7(12(18)19)2-4-10(11)20-13/h1,3,5,7H,2,4H2,(H,16,17)(H,18,19). The molecule has 1 aromatic carbocycles. The van der Waals surface area contributed by atoms with Gasteiger partial charge in [0, 0.05) is 10.6 Å². The summed E-state index contributed by atoms with van der Waals surface area (Å²) in [5.74, 6) is -1.29. The van der Waals surface area contributed by atoms with Crippen LogP contribution in [0.5, 0.6) is 0 Å². The highest BCUT2D eigenvalue weighted by atomic mass is 35.5. The summed E-state index contributed by atoms with van der Waals surface area (Å²) in [5, 5.41) is 13.9. The van der Waals surface area contributed by atoms with Crippen LogP contribution >= 0.6 is 34.5 Å². The normalized spacial score (nSPS) is 17.0. The molecule has 0 saturated heterocycles. The lowest BCUT2D eigenvalue weighted by molar-refractivity contribution is -0.138. The van der Waals surface area contributed by atoms with Crippen LogP contribution in [0.1, 0.15) is 22.9 Å². The monoisotopic (exact) mass is 328 g/mol. The Morgan fingerprint density at radius 1 is 1.40 bits per heavy atom. The number of nitrogens with zero attached hydrogens (tertiary/aromatic N) is 1. The maximum absolute atomic E-state index is 11.1. The minimum Gasteiger partial charge on any atom is -0.481 e. The van der Waals surface area contributed by atoms with Crippen LogP contribution in [0.25, 0.3) is 0 Å². The predicted molar refractivity (Wildman–Crippen MR) is 80.6 cm³/mol. The van der Waals surface area contributed by atoms with Gasteiger partial charge < -0.3 is 10.4 Å². The van der Waals surface area contributed by atoms with Crippen molar-refractivity contribution in [1.29, 1.82) is 0 Å². The van der Waals surface area contributed by atoms with Gasteiger partial charge in [0.2, 0.25) is 0 Å². The minimum atomic E-state index is -0.810. The zero-order valence-corrected chi connectivity index (χ0v) is 12.5. The predicted octanol–water partition coefficient (Wildman–Crippen LogP) is 4.31. The Labute approximate surface area is 129 Å². The number of thiazole rings is 1. The number of carboxylic acid groups (broad SMARTS) is 1. The Morgan fingerprint density at radius 3 is 2.90 bits per heavy atom. The SMILES string of the molecule is O=C(O)C1CCc2sc(Nc3ccc(Cl)c(Cl)c3)nc21. The van der Waals surface area contributed by atoms with E-state index in [4.69, 9.17) is 28.3 Å². The molecule has 0 radical (unpaired) electrons. The summed E-state index contributed by atoms with van der Waals surface area (Å²) >= 11 is 13.3. The molecule has 0 fully saturated rings. The van der Waals surface area contributed by atoms with E-state index in [2.05, 4.69) is 10.3 Å². The summed E-state index contributed by atoms with van der Waals surface area (Å²) in [7, 11) is 0. The number of rotatable bonds is 3. The van der Waals surface area contributed by atoms with Crippen molar-refractivity contribution in [3.05, 3.63) is 38.8 Å². The number of fused-ring (bicyclic) bond motifs is 1. The third kappa shape index (κ3) is 2.49. The number of anilines is 2. The molecule has 1 heterocycles. The van der Waals surface area contributed by atoms with E-state index in [1.54, 1.807) is 18.2 Å². The van der Waals surface area contributed by atoms with Gasteiger partial charge in [-0.2, -0.15) is 0 Å². The zero-order chi connectivity index (χ0) is 14.3. The minimum absolute atomic E-state index is 0.462. The third-order valence-corrected chi connectivity index (χ3v) is 4.97. The highest BCUT2D eigenvalue weighted by Gasteiger charge is 2.32. The molecule has 104 valence electrons. The number of hydrogen-bond donors (Lipinski definition) is 2. The lowest BCUT2D eigenvalue weighted by atomic mass is 10.1. The Hall–Kier alpha value is -1.30. The first-order valence-electron chi connectivity index (χ1n) is 5.99. The van der Waals surface area contributed by atoms with Crippen LogP contribution in [0.3, 0.4) is 0 Å². The second-order valence-corrected chi connectivity index (χ2v) is 6.41. The molecule has 0 bridgehead atoms. The molecule has 4 nitrogen and oxygen atoms in total. The van der Waals surface area contributed by atoms with Crippen molar-refractivity contribution in [3.63, 3.8) is 0 Å². The molecular weight excluding hydrogens is 319 g/mol. The van der Waals surface area contributed by atoms with E-state index >= 15 is 0 Å². The summed E-state index contributed by atoms with van der Waals surface area (Å²) in [6, 6.07) is 5.22. The maximum Gasteiger partial charge on any atom is 0.312 e. The second-order valence-electron chi connectivity index (χ2n) is 4.51. The summed E-state index contributed by atoms with van der Waals surface area (Å²) in [5.41, 5.74) is 1.46. The van der Waals surface area contributed by atoms with Gasteiger partial charge in [-0.25, -0.2) is 4.98 Å². The van der Waals surface area contributed by atoms with Crippen molar-refractivity contribution in [3.8, 4) is 0 Å². The van der Waals surface area contributed by atoms with Gasteiger partial charge in [0.05, 0.1) is 15.7 Å². The zero-order valence-electron chi connectivity index (χ0n) is 10.2. The number of aromatic nitrogens is 1. The molecule has 0 aliphatic heterocycles. The van der Waals surface area contributed by atoms with Crippen LogP contribution in [0.2, 0.25) is 10.0 Å². The summed E-state index contributed by atoms with van der Waals surface area (Å²) in [4.78, 5) is 16.6. The van der Waals surface area contributed by atoms with E-state index < -0.39 is 11.9 Å². The molecule has 1 aliphatic rings. The van der Waals surface area contributed by atoms with Gasteiger partial charge >= 0.3 is 5.97 Å². The van der Waals surface area contributed by atoms with Crippen molar-refractivity contribution in [2.75, 3.05) is 5.32 Å². The Bertz CT molecular complexity index is 687. The molecule has 2 aromatic rings. The Morgan fingerprint density at radius 2 is 2.20 bits per heavy atom. The summed E-state index contributed by atoms with van der Waals surface area (Å²) in [6.45, 7) is 0. The Balaban J connectivity index is 1.84. The van der Waals surface area contributed by atoms with Crippen LogP contribution in [0.4, 0.5) is 10.8 Å². The fraction of sp³-hybridized carbons (Fsp3) is 0.231. The van der Waals surface area contributed by atoms with Crippen molar-refractivity contribution in [1.82, 2.24) is 4.98 Å². The number of aliphatic carboxylic acids is 1. The summed E-state index contributed by atoms with van der Waals surface area (Å²) < 4.78 is 0. The molecule has 1 atom stereocenters. The van der Waals surface area contributed by atoms with Crippen molar-refractivity contribution < 1.29 is 9.90 Å². The molecule has 1 aliphatic carbocycles. The first-order valence-corrected chi connectivity index (χ1v) is 7.56. The number of halogens is 2. The highest BCUT2D eigenvalue weighted by Crippen LogP contribution is 2.39. The number of aryl methyl sites for hydroxylation is 1. The Kier molecular flexibility index (Phi) is 3.58. The molecule has 2 N–H and O–H groups in total. The first kappa shape index (κ1) is 13.7. The van der Waals surface area contributed by atoms with Gasteiger partial charge in [-0.15, -0.1) is 11.3 Å². The van der Waals surface area contributed by atoms with Crippen molar-refractivity contribution >= 4 is 51.3 Å². The smallest absolute Gasteiger partial charge is 0.312 e. The van der Waals surface area contributed by atoms with Crippen LogP contribution in [0.15, 0.2) is 18.2 Å². The van der Waals surface area contributed by atoms with Crippen LogP contribution in [0, 0.1) is 0 Å². The third-order valence-electron chi connectivity index (χ3n) is 3.19. The molecule has 1 unspecified atom stereocenters. The summed E-state index contributed by atoms with van der Waals surface area (Å²) in [6.07, 6.45) is 1.41. The van der Waals surface area contributed by atoms with Gasteiger partial charge in [-0.3, -0.25) is 4.79 Å². The molecule has 7 heteroatoms. The highest BCUT2D eigenvalue weighted by molar-refractivity contribution is 7.15. The largest absolute Gasteiger partial charge is 0.481 e. The van der Waals surface area contributed by atoms with Gasteiger partial charge in [0.1, 0.15) is 5.92 Å². The first-order chi connectivity index (χ1) is 9.54. The van der Waals surface area contributed by atoms with E-state index in [1.807, 2.05) is 0 Å². The van der Waals surface area contributed by atoms with Crippen molar-refractivity contribution in [2.45, 2.75) is 18.8 Å². The number of benzene rings is 1. The van der Waals surface area contributed by atoms with E-state index in [-0.39, 0.29) is 0 Å². The fourth-order valence-electron chi connectivity index (χ4n) is 2.22. The van der Waals surface area contributed by atoms with Crippen LogP contribution < -0.4 is 5.32 Å². The number of carbonyl (C=O) groups is 1. The molecule has 0 amide bonds. The van der Waals surface area contributed by atoms with E-state index in [1.165, 1.54) is 11.3 Å². The van der Waals surface area contributed by atoms with Crippen LogP contribution in [-0.4, -0.2) is 16.1 Å². The van der Waals surface area contributed by atoms with Gasteiger partial charge in [-0.05, 0) is 31.0 Å². The molecule has 1 aromatic heterocycles. The molecule has 20 heavy (non-hydrogen) atoms. The quantitative estimate of drug-likeness (QED) is 0.881. The molecule has 0 spiro atoms. The molecular formula is C13H10Cl2N2O2S. The second kappa shape index (κ2) is 5.24.